The van der Waals surface area contributed by atoms with E-state index in [1.54, 1.807) is 0 Å². The highest BCUT2D eigenvalue weighted by molar-refractivity contribution is 5.93. The summed E-state index contributed by atoms with van der Waals surface area (Å²) in [5.74, 6) is -6.36. The van der Waals surface area contributed by atoms with Crippen molar-refractivity contribution in [2.75, 3.05) is 0 Å². The van der Waals surface area contributed by atoms with Crippen LogP contribution in [0.15, 0.2) is 17.1 Å². The van der Waals surface area contributed by atoms with Crippen molar-refractivity contribution in [2.24, 2.45) is 0 Å². The quantitative estimate of drug-likeness (QED) is 0.633. The van der Waals surface area contributed by atoms with Crippen LogP contribution >= 0.6 is 0 Å². The summed E-state index contributed by atoms with van der Waals surface area (Å²) in [5, 5.41) is -0.541. The van der Waals surface area contributed by atoms with Crippen molar-refractivity contribution in [1.82, 2.24) is 4.57 Å². The van der Waals surface area contributed by atoms with Crippen molar-refractivity contribution in [1.29, 1.82) is 0 Å². The van der Waals surface area contributed by atoms with E-state index < -0.39 is 45.3 Å². The molecule has 3 rings (SSSR count). The molecule has 8 heteroatoms. The van der Waals surface area contributed by atoms with Crippen LogP contribution in [0.2, 0.25) is 0 Å². The zero-order chi connectivity index (χ0) is 15.3. The summed E-state index contributed by atoms with van der Waals surface area (Å²) in [6.07, 6.45) is 2.13. The smallest absolute Gasteiger partial charge is 0.341 e. The van der Waals surface area contributed by atoms with Gasteiger partial charge in [-0.25, -0.2) is 22.9 Å². The molecule has 4 nitrogen and oxygen atoms in total. The van der Waals surface area contributed by atoms with Crippen LogP contribution in [0.1, 0.15) is 29.2 Å². The van der Waals surface area contributed by atoms with Gasteiger partial charge in [0, 0.05) is 16.8 Å². The van der Waals surface area contributed by atoms with E-state index in [9.17, 15) is 27.3 Å². The number of nitrogens with zero attached hydrogens (tertiary/aromatic N) is 1. The number of hydrogen-bond donors (Lipinski definition) is 0. The zero-order valence-corrected chi connectivity index (χ0v) is 10.3. The number of halogens is 4. The maximum Gasteiger partial charge on any atom is 0.384 e. The van der Waals surface area contributed by atoms with Crippen LogP contribution in [-0.4, -0.2) is 10.5 Å². The second-order valence-electron chi connectivity index (χ2n) is 4.76. The minimum absolute atomic E-state index is 0.265. The molecular formula is C13H7F4NO3. The molecule has 0 N–H and O–H groups in total. The van der Waals surface area contributed by atoms with Crippen LogP contribution in [0.3, 0.4) is 0 Å². The predicted molar refractivity (Wildman–Crippen MR) is 62.9 cm³/mol. The molecule has 1 aromatic carbocycles. The minimum atomic E-state index is -1.71. The first-order valence-corrected chi connectivity index (χ1v) is 6.01. The molecule has 2 aromatic rings. The van der Waals surface area contributed by atoms with Gasteiger partial charge in [0.05, 0.1) is 10.9 Å². The Hall–Kier alpha value is -2.38. The van der Waals surface area contributed by atoms with Gasteiger partial charge in [-0.15, -0.1) is 0 Å². The number of carbonyl (C=O) groups is 1. The van der Waals surface area contributed by atoms with Crippen LogP contribution in [0.4, 0.5) is 17.7 Å². The third-order valence-corrected chi connectivity index (χ3v) is 3.38. The molecule has 1 aliphatic rings. The van der Waals surface area contributed by atoms with Crippen molar-refractivity contribution in [2.45, 2.75) is 18.9 Å². The minimum Gasteiger partial charge on any atom is -0.341 e. The number of aromatic nitrogens is 1. The number of benzene rings is 1. The van der Waals surface area contributed by atoms with Gasteiger partial charge < -0.3 is 4.57 Å². The molecule has 0 amide bonds. The van der Waals surface area contributed by atoms with E-state index in [1.165, 1.54) is 0 Å². The Kier molecular flexibility index (Phi) is 2.96. The van der Waals surface area contributed by atoms with Crippen LogP contribution in [0, 0.1) is 17.5 Å². The van der Waals surface area contributed by atoms with E-state index in [2.05, 4.69) is 4.94 Å². The molecule has 0 aliphatic heterocycles. The highest BCUT2D eigenvalue weighted by atomic mass is 19.3. The van der Waals surface area contributed by atoms with Crippen molar-refractivity contribution in [3.63, 3.8) is 0 Å². The van der Waals surface area contributed by atoms with Gasteiger partial charge in [0.15, 0.2) is 17.5 Å². The lowest BCUT2D eigenvalue weighted by atomic mass is 10.1. The van der Waals surface area contributed by atoms with Crippen molar-refractivity contribution >= 4 is 16.9 Å². The summed E-state index contributed by atoms with van der Waals surface area (Å²) in [4.78, 5) is 26.2. The molecule has 0 unspecified atom stereocenters. The largest absolute Gasteiger partial charge is 0.384 e. The fourth-order valence-corrected chi connectivity index (χ4v) is 2.25. The molecule has 110 valence electrons. The van der Waals surface area contributed by atoms with E-state index >= 15 is 0 Å². The van der Waals surface area contributed by atoms with Crippen molar-refractivity contribution in [3.8, 4) is 0 Å². The third-order valence-electron chi connectivity index (χ3n) is 3.38. The Labute approximate surface area is 114 Å². The van der Waals surface area contributed by atoms with E-state index in [4.69, 9.17) is 0 Å². The fourth-order valence-electron chi connectivity index (χ4n) is 2.25. The van der Waals surface area contributed by atoms with Gasteiger partial charge in [0.2, 0.25) is 5.43 Å². The summed E-state index contributed by atoms with van der Waals surface area (Å²) in [6, 6.07) is 0.225. The first kappa shape index (κ1) is 13.6. The maximum absolute atomic E-state index is 13.9. The van der Waals surface area contributed by atoms with E-state index in [-0.39, 0.29) is 6.04 Å². The van der Waals surface area contributed by atoms with E-state index in [0.29, 0.717) is 18.9 Å². The molecule has 0 spiro atoms. The Morgan fingerprint density at radius 3 is 2.48 bits per heavy atom. The summed E-state index contributed by atoms with van der Waals surface area (Å²) in [7, 11) is 0. The lowest BCUT2D eigenvalue weighted by molar-refractivity contribution is -0.0789. The third kappa shape index (κ3) is 1.98. The number of rotatable bonds is 2. The second-order valence-corrected chi connectivity index (χ2v) is 4.76. The molecule has 1 aromatic heterocycles. The molecule has 0 saturated heterocycles. The number of fused-ring (bicyclic) bond motifs is 1. The van der Waals surface area contributed by atoms with E-state index in [1.807, 2.05) is 0 Å². The molecule has 0 radical (unpaired) electrons. The molecule has 21 heavy (non-hydrogen) atoms. The first-order valence-electron chi connectivity index (χ1n) is 6.01. The highest BCUT2D eigenvalue weighted by Gasteiger charge is 2.30. The molecule has 1 fully saturated rings. The van der Waals surface area contributed by atoms with Crippen LogP contribution in [0.25, 0.3) is 10.9 Å². The van der Waals surface area contributed by atoms with Gasteiger partial charge >= 0.3 is 5.97 Å². The van der Waals surface area contributed by atoms with Gasteiger partial charge in [-0.05, 0) is 18.9 Å². The number of hydrogen-bond acceptors (Lipinski definition) is 3. The number of carbonyl (C=O) groups excluding carboxylic acids is 1. The standard InChI is InChI=1S/C13H7F4NO3/c14-8-3-6-11(10(16)9(8)15)18(5-1-2-5)4-7(12(6)19)13(20)21-17/h3-5H,1-2H2. The summed E-state index contributed by atoms with van der Waals surface area (Å²) in [5.41, 5.74) is -2.28. The molecule has 1 aliphatic carbocycles. The molecule has 0 atom stereocenters. The Morgan fingerprint density at radius 1 is 1.24 bits per heavy atom. The maximum atomic E-state index is 13.9. The fraction of sp³-hybridized carbons (Fsp3) is 0.231. The molecule has 0 bridgehead atoms. The highest BCUT2D eigenvalue weighted by Crippen LogP contribution is 2.38. The zero-order valence-electron chi connectivity index (χ0n) is 10.3. The summed E-state index contributed by atoms with van der Waals surface area (Å²) >= 11 is 0. The van der Waals surface area contributed by atoms with Crippen LogP contribution < -0.4 is 5.43 Å². The van der Waals surface area contributed by atoms with Gasteiger partial charge in [-0.2, -0.15) is 0 Å². The average Bonchev–Trinajstić information content (AvgIpc) is 3.29. The van der Waals surface area contributed by atoms with Gasteiger partial charge in [-0.1, -0.05) is 0 Å². The summed E-state index contributed by atoms with van der Waals surface area (Å²) in [6.45, 7) is 0. The second kappa shape index (κ2) is 4.57. The monoisotopic (exact) mass is 301 g/mol. The van der Waals surface area contributed by atoms with Crippen LogP contribution in [0.5, 0.6) is 0 Å². The Bertz CT molecular complexity index is 827. The van der Waals surface area contributed by atoms with Crippen LogP contribution in [-0.2, 0) is 4.94 Å². The average molecular weight is 301 g/mol. The SMILES string of the molecule is O=C(OF)c1cn(C2CC2)c2c(F)c(F)c(F)cc2c1=O. The molecule has 1 heterocycles. The van der Waals surface area contributed by atoms with Crippen molar-refractivity contribution < 1.29 is 27.4 Å². The topological polar surface area (TPSA) is 48.3 Å². The number of pyridine rings is 1. The summed E-state index contributed by atoms with van der Waals surface area (Å²) < 4.78 is 53.8. The van der Waals surface area contributed by atoms with E-state index in [0.717, 1.165) is 10.8 Å². The first-order chi connectivity index (χ1) is 9.95. The Morgan fingerprint density at radius 2 is 1.90 bits per heavy atom. The van der Waals surface area contributed by atoms with Gasteiger partial charge in [-0.3, -0.25) is 4.79 Å². The lowest BCUT2D eigenvalue weighted by Crippen LogP contribution is -2.20. The molecular weight excluding hydrogens is 294 g/mol. The van der Waals surface area contributed by atoms with Gasteiger partial charge in [0.1, 0.15) is 5.56 Å². The Balaban J connectivity index is 2.47. The van der Waals surface area contributed by atoms with Gasteiger partial charge in [0.25, 0.3) is 0 Å². The van der Waals surface area contributed by atoms with Crippen molar-refractivity contribution in [3.05, 3.63) is 45.5 Å². The predicted octanol–water partition coefficient (Wildman–Crippen LogP) is 2.80. The molecule has 1 saturated carbocycles. The lowest BCUT2D eigenvalue weighted by Gasteiger charge is -2.12. The normalized spacial score (nSPS) is 14.5.